The number of aliphatic hydroxyl groups excluding tert-OH is 1. The van der Waals surface area contributed by atoms with Gasteiger partial charge in [0.15, 0.2) is 5.78 Å². The molecule has 0 aromatic rings. The summed E-state index contributed by atoms with van der Waals surface area (Å²) in [6.07, 6.45) is 9.53. The van der Waals surface area contributed by atoms with Crippen molar-refractivity contribution in [3.8, 4) is 0 Å². The fraction of sp³-hybridized carbons (Fsp3) is 0.826. The Morgan fingerprint density at radius 1 is 1.25 bits per heavy atom. The van der Waals surface area contributed by atoms with E-state index in [4.69, 9.17) is 0 Å². The van der Waals surface area contributed by atoms with Crippen LogP contribution in [0, 0.1) is 28.6 Å². The first-order valence-electron chi connectivity index (χ1n) is 11.1. The van der Waals surface area contributed by atoms with Crippen LogP contribution in [0.1, 0.15) is 72.6 Å². The lowest BCUT2D eigenvalue weighted by Crippen LogP contribution is -2.61. The van der Waals surface area contributed by atoms with Crippen LogP contribution >= 0.6 is 0 Å². The minimum atomic E-state index is -0.683. The number of amides is 2. The number of rotatable bonds is 2. The van der Waals surface area contributed by atoms with Gasteiger partial charge in [0, 0.05) is 30.2 Å². The molecule has 5 nitrogen and oxygen atoms in total. The molecule has 3 aliphatic carbocycles. The highest BCUT2D eigenvalue weighted by Gasteiger charge is 2.58. The van der Waals surface area contributed by atoms with Crippen LogP contribution < -0.4 is 5.32 Å². The molecule has 1 heterocycles. The minimum absolute atomic E-state index is 0.110. The second kappa shape index (κ2) is 6.58. The summed E-state index contributed by atoms with van der Waals surface area (Å²) in [5, 5.41) is 12.6. The van der Waals surface area contributed by atoms with E-state index in [1.165, 1.54) is 32.1 Å². The monoisotopic (exact) mass is 388 g/mol. The molecule has 0 aromatic carbocycles. The van der Waals surface area contributed by atoms with Gasteiger partial charge >= 0.3 is 6.03 Å². The van der Waals surface area contributed by atoms with Crippen LogP contribution in [0.4, 0.5) is 4.79 Å². The molecule has 156 valence electrons. The van der Waals surface area contributed by atoms with E-state index in [1.807, 2.05) is 18.7 Å². The summed E-state index contributed by atoms with van der Waals surface area (Å²) in [7, 11) is 0. The van der Waals surface area contributed by atoms with Gasteiger partial charge in [-0.3, -0.25) is 9.69 Å². The first-order chi connectivity index (χ1) is 13.1. The van der Waals surface area contributed by atoms with E-state index >= 15 is 0 Å². The predicted octanol–water partition coefficient (Wildman–Crippen LogP) is 3.87. The van der Waals surface area contributed by atoms with Crippen molar-refractivity contribution in [1.29, 1.82) is 0 Å². The second-order valence-electron chi connectivity index (χ2n) is 11.0. The van der Waals surface area contributed by atoms with Crippen LogP contribution in [0.15, 0.2) is 11.8 Å². The second-order valence-corrected chi connectivity index (χ2v) is 11.0. The third-order valence-electron chi connectivity index (χ3n) is 8.58. The van der Waals surface area contributed by atoms with Crippen LogP contribution in [0.3, 0.4) is 0 Å². The van der Waals surface area contributed by atoms with Crippen LogP contribution in [0.5, 0.6) is 0 Å². The molecule has 2 N–H and O–H groups in total. The highest BCUT2D eigenvalue weighted by molar-refractivity contribution is 5.92. The van der Waals surface area contributed by atoms with E-state index in [-0.39, 0.29) is 23.8 Å². The quantitative estimate of drug-likeness (QED) is 0.754. The van der Waals surface area contributed by atoms with Crippen molar-refractivity contribution < 1.29 is 14.7 Å². The molecule has 1 aliphatic heterocycles. The van der Waals surface area contributed by atoms with Crippen molar-refractivity contribution in [2.45, 2.75) is 78.2 Å². The van der Waals surface area contributed by atoms with Crippen molar-refractivity contribution in [3.05, 3.63) is 11.8 Å². The molecule has 5 atom stereocenters. The first kappa shape index (κ1) is 19.9. The smallest absolute Gasteiger partial charge is 0.322 e. The Hall–Kier alpha value is -1.36. The van der Waals surface area contributed by atoms with E-state index in [0.29, 0.717) is 36.1 Å². The number of urea groups is 1. The van der Waals surface area contributed by atoms with Gasteiger partial charge in [-0.1, -0.05) is 20.3 Å². The number of hydrogen-bond acceptors (Lipinski definition) is 3. The Morgan fingerprint density at radius 3 is 2.71 bits per heavy atom. The number of ketones is 1. The third-order valence-corrected chi connectivity index (χ3v) is 8.58. The van der Waals surface area contributed by atoms with Crippen LogP contribution in [0.2, 0.25) is 0 Å². The van der Waals surface area contributed by atoms with E-state index in [1.54, 1.807) is 6.08 Å². The largest absolute Gasteiger partial charge is 0.394 e. The average molecular weight is 389 g/mol. The summed E-state index contributed by atoms with van der Waals surface area (Å²) in [5.41, 5.74) is 0.535. The lowest BCUT2D eigenvalue weighted by atomic mass is 9.50. The van der Waals surface area contributed by atoms with Crippen molar-refractivity contribution in [1.82, 2.24) is 10.2 Å². The molecule has 4 aliphatic rings. The number of hydrogen-bond donors (Lipinski definition) is 2. The SMILES string of the molecule is CC(C)(CO)NC(=O)N1C[C@H]2[C@@H]3CCC[C@@]3(C)CC[C@@H]2[C@@]2(C)CCC(=O)C=C12. The van der Waals surface area contributed by atoms with E-state index in [2.05, 4.69) is 19.2 Å². The molecular formula is C23H36N2O3. The summed E-state index contributed by atoms with van der Waals surface area (Å²) < 4.78 is 0. The number of aliphatic hydroxyl groups is 1. The van der Waals surface area contributed by atoms with Crippen LogP contribution in [-0.4, -0.2) is 40.5 Å². The zero-order chi connectivity index (χ0) is 20.3. The van der Waals surface area contributed by atoms with Crippen molar-refractivity contribution in [2.75, 3.05) is 13.2 Å². The summed E-state index contributed by atoms with van der Waals surface area (Å²) in [5.74, 6) is 1.85. The van der Waals surface area contributed by atoms with E-state index in [9.17, 15) is 14.7 Å². The Labute approximate surface area is 168 Å². The number of nitrogens with zero attached hydrogens (tertiary/aromatic N) is 1. The average Bonchev–Trinajstić information content (AvgIpc) is 3.03. The van der Waals surface area contributed by atoms with Gasteiger partial charge < -0.3 is 10.4 Å². The fourth-order valence-corrected chi connectivity index (χ4v) is 6.89. The van der Waals surface area contributed by atoms with Gasteiger partial charge in [0.1, 0.15) is 0 Å². The summed E-state index contributed by atoms with van der Waals surface area (Å²) in [6.45, 7) is 8.98. The van der Waals surface area contributed by atoms with Gasteiger partial charge in [0.25, 0.3) is 0 Å². The van der Waals surface area contributed by atoms with Crippen LogP contribution in [0.25, 0.3) is 0 Å². The molecule has 0 unspecified atom stereocenters. The minimum Gasteiger partial charge on any atom is -0.394 e. The Kier molecular flexibility index (Phi) is 4.68. The highest BCUT2D eigenvalue weighted by atomic mass is 16.3. The maximum Gasteiger partial charge on any atom is 0.322 e. The Morgan fingerprint density at radius 2 is 2.00 bits per heavy atom. The molecule has 0 spiro atoms. The molecule has 0 bridgehead atoms. The van der Waals surface area contributed by atoms with Gasteiger partial charge in [-0.2, -0.15) is 0 Å². The van der Waals surface area contributed by atoms with Gasteiger partial charge in [-0.15, -0.1) is 0 Å². The summed E-state index contributed by atoms with van der Waals surface area (Å²) in [6, 6.07) is -0.171. The van der Waals surface area contributed by atoms with Gasteiger partial charge in [0.05, 0.1) is 12.1 Å². The summed E-state index contributed by atoms with van der Waals surface area (Å²) in [4.78, 5) is 27.4. The number of carbonyl (C=O) groups excluding carboxylic acids is 2. The van der Waals surface area contributed by atoms with E-state index < -0.39 is 5.54 Å². The number of likely N-dealkylation sites (tertiary alicyclic amines) is 1. The number of carbonyl (C=O) groups is 2. The maximum absolute atomic E-state index is 13.3. The van der Waals surface area contributed by atoms with Crippen molar-refractivity contribution in [2.24, 2.45) is 28.6 Å². The molecule has 5 heteroatoms. The van der Waals surface area contributed by atoms with Crippen molar-refractivity contribution >= 4 is 11.8 Å². The van der Waals surface area contributed by atoms with E-state index in [0.717, 1.165) is 12.1 Å². The standard InChI is InChI=1S/C23H36N2O3/c1-21(2,14-26)24-20(28)25-13-16-17-6-5-9-22(17,3)10-8-18(16)23(4)11-7-15(27)12-19(23)25/h12,16-18,26H,5-11,13-14H2,1-4H3,(H,24,28)/t16-,17-,18-,22-,23+/m0/s1. The molecule has 2 saturated carbocycles. The van der Waals surface area contributed by atoms with Gasteiger partial charge in [0.2, 0.25) is 0 Å². The topological polar surface area (TPSA) is 69.6 Å². The normalized spacial score (nSPS) is 40.3. The highest BCUT2D eigenvalue weighted by Crippen LogP contribution is 2.63. The van der Waals surface area contributed by atoms with Crippen LogP contribution in [-0.2, 0) is 4.79 Å². The molecule has 28 heavy (non-hydrogen) atoms. The molecule has 1 saturated heterocycles. The van der Waals surface area contributed by atoms with Gasteiger partial charge in [-0.25, -0.2) is 4.79 Å². The number of piperidine rings is 1. The summed E-state index contributed by atoms with van der Waals surface area (Å²) >= 11 is 0. The molecule has 2 amide bonds. The molecule has 3 fully saturated rings. The maximum atomic E-state index is 13.3. The molecule has 0 radical (unpaired) electrons. The first-order valence-corrected chi connectivity index (χ1v) is 11.1. The third kappa shape index (κ3) is 3.01. The molecule has 0 aromatic heterocycles. The fourth-order valence-electron chi connectivity index (χ4n) is 6.89. The predicted molar refractivity (Wildman–Crippen MR) is 108 cm³/mol. The Bertz CT molecular complexity index is 715. The molecule has 4 rings (SSSR count). The number of fused-ring (bicyclic) bond motifs is 5. The lowest BCUT2D eigenvalue weighted by Gasteiger charge is -2.59. The number of allylic oxidation sites excluding steroid dienone is 2. The zero-order valence-corrected chi connectivity index (χ0v) is 17.9. The zero-order valence-electron chi connectivity index (χ0n) is 17.9. The molecular weight excluding hydrogens is 352 g/mol. The Balaban J connectivity index is 1.71. The van der Waals surface area contributed by atoms with Gasteiger partial charge in [-0.05, 0) is 69.1 Å². The number of nitrogens with one attached hydrogen (secondary N) is 1. The lowest BCUT2D eigenvalue weighted by molar-refractivity contribution is -0.118. The van der Waals surface area contributed by atoms with Crippen molar-refractivity contribution in [3.63, 3.8) is 0 Å².